The Hall–Kier alpha value is -1.84. The summed E-state index contributed by atoms with van der Waals surface area (Å²) in [7, 11) is 0. The number of rotatable bonds is 0. The maximum Gasteiger partial charge on any atom is 0.394 e. The van der Waals surface area contributed by atoms with Crippen molar-refractivity contribution in [2.24, 2.45) is 0 Å². The number of para-hydroxylation sites is 1. The summed E-state index contributed by atoms with van der Waals surface area (Å²) < 4.78 is 0. The molecular formula is C11H11NO3. The minimum Gasteiger partial charge on any atom is -0.474 e. The van der Waals surface area contributed by atoms with Crippen molar-refractivity contribution in [2.75, 3.05) is 4.90 Å². The number of benzene rings is 1. The molecule has 1 aromatic rings. The zero-order valence-corrected chi connectivity index (χ0v) is 8.30. The third kappa shape index (κ3) is 1.48. The minimum atomic E-state index is -1.40. The molecule has 2 rings (SSSR count). The van der Waals surface area contributed by atoms with E-state index < -0.39 is 11.9 Å². The SMILES string of the molecule is CC1Cc2ccccc2N1C(=O)C(=O)O. The lowest BCUT2D eigenvalue weighted by Crippen LogP contribution is -2.40. The van der Waals surface area contributed by atoms with Gasteiger partial charge in [0.05, 0.1) is 0 Å². The first-order valence-corrected chi connectivity index (χ1v) is 4.75. The third-order valence-electron chi connectivity index (χ3n) is 2.61. The largest absolute Gasteiger partial charge is 0.474 e. The first-order chi connectivity index (χ1) is 7.11. The van der Waals surface area contributed by atoms with Crippen LogP contribution in [0.2, 0.25) is 0 Å². The molecule has 1 N–H and O–H groups in total. The summed E-state index contributed by atoms with van der Waals surface area (Å²) in [6.45, 7) is 1.85. The van der Waals surface area contributed by atoms with Gasteiger partial charge in [0.25, 0.3) is 0 Å². The van der Waals surface area contributed by atoms with Crippen LogP contribution >= 0.6 is 0 Å². The normalized spacial score (nSPS) is 18.7. The first kappa shape index (κ1) is 9.71. The van der Waals surface area contributed by atoms with Crippen molar-refractivity contribution in [1.29, 1.82) is 0 Å². The number of hydrogen-bond donors (Lipinski definition) is 1. The van der Waals surface area contributed by atoms with Gasteiger partial charge < -0.3 is 5.11 Å². The van der Waals surface area contributed by atoms with Crippen LogP contribution in [-0.4, -0.2) is 23.0 Å². The van der Waals surface area contributed by atoms with Gasteiger partial charge in [0.15, 0.2) is 0 Å². The van der Waals surface area contributed by atoms with Gasteiger partial charge in [0, 0.05) is 11.7 Å². The molecule has 4 heteroatoms. The molecule has 0 fully saturated rings. The first-order valence-electron chi connectivity index (χ1n) is 4.75. The van der Waals surface area contributed by atoms with E-state index in [4.69, 9.17) is 5.11 Å². The lowest BCUT2D eigenvalue weighted by Gasteiger charge is -2.19. The van der Waals surface area contributed by atoms with Crippen LogP contribution < -0.4 is 4.90 Å². The molecule has 0 saturated carbocycles. The number of carboxylic acid groups (broad SMARTS) is 1. The van der Waals surface area contributed by atoms with Crippen LogP contribution in [0.3, 0.4) is 0 Å². The molecule has 1 unspecified atom stereocenters. The van der Waals surface area contributed by atoms with E-state index in [1.165, 1.54) is 4.90 Å². The van der Waals surface area contributed by atoms with Crippen molar-refractivity contribution in [1.82, 2.24) is 0 Å². The minimum absolute atomic E-state index is 0.0778. The Balaban J connectivity index is 2.42. The number of nitrogens with zero attached hydrogens (tertiary/aromatic N) is 1. The average molecular weight is 205 g/mol. The Bertz CT molecular complexity index is 428. The maximum atomic E-state index is 11.4. The van der Waals surface area contributed by atoms with Gasteiger partial charge in [0.2, 0.25) is 0 Å². The van der Waals surface area contributed by atoms with Crippen molar-refractivity contribution >= 4 is 17.6 Å². The summed E-state index contributed by atoms with van der Waals surface area (Å²) >= 11 is 0. The number of amides is 1. The second kappa shape index (κ2) is 3.38. The molecule has 15 heavy (non-hydrogen) atoms. The van der Waals surface area contributed by atoms with Gasteiger partial charge in [-0.3, -0.25) is 9.69 Å². The second-order valence-electron chi connectivity index (χ2n) is 3.66. The number of fused-ring (bicyclic) bond motifs is 1. The highest BCUT2D eigenvalue weighted by Gasteiger charge is 2.33. The Morgan fingerprint density at radius 3 is 2.73 bits per heavy atom. The quantitative estimate of drug-likeness (QED) is 0.644. The van der Waals surface area contributed by atoms with Crippen LogP contribution in [0.1, 0.15) is 12.5 Å². The van der Waals surface area contributed by atoms with Gasteiger partial charge in [-0.05, 0) is 25.0 Å². The van der Waals surface area contributed by atoms with E-state index >= 15 is 0 Å². The predicted octanol–water partition coefficient (Wildman–Crippen LogP) is 1.05. The molecule has 0 saturated heterocycles. The Kier molecular flexibility index (Phi) is 2.19. The fraction of sp³-hybridized carbons (Fsp3) is 0.273. The zero-order valence-electron chi connectivity index (χ0n) is 8.30. The van der Waals surface area contributed by atoms with Gasteiger partial charge in [-0.2, -0.15) is 0 Å². The standard InChI is InChI=1S/C11H11NO3/c1-7-6-8-4-2-3-5-9(8)12(7)10(13)11(14)15/h2-5,7H,6H2,1H3,(H,14,15). The number of hydrogen-bond acceptors (Lipinski definition) is 2. The number of carboxylic acids is 1. The number of carbonyl (C=O) groups is 2. The fourth-order valence-corrected chi connectivity index (χ4v) is 1.98. The highest BCUT2D eigenvalue weighted by molar-refractivity contribution is 6.37. The highest BCUT2D eigenvalue weighted by Crippen LogP contribution is 2.31. The molecule has 78 valence electrons. The van der Waals surface area contributed by atoms with E-state index in [-0.39, 0.29) is 6.04 Å². The monoisotopic (exact) mass is 205 g/mol. The topological polar surface area (TPSA) is 57.6 Å². The summed E-state index contributed by atoms with van der Waals surface area (Å²) in [4.78, 5) is 23.4. The number of aliphatic carboxylic acids is 1. The Labute approximate surface area is 87.1 Å². The van der Waals surface area contributed by atoms with Gasteiger partial charge in [-0.15, -0.1) is 0 Å². The molecule has 0 radical (unpaired) electrons. The van der Waals surface area contributed by atoms with Gasteiger partial charge in [0.1, 0.15) is 0 Å². The van der Waals surface area contributed by atoms with Crippen molar-refractivity contribution in [2.45, 2.75) is 19.4 Å². The summed E-state index contributed by atoms with van der Waals surface area (Å²) in [6, 6.07) is 7.31. The Morgan fingerprint density at radius 1 is 1.40 bits per heavy atom. The van der Waals surface area contributed by atoms with E-state index in [9.17, 15) is 9.59 Å². The van der Waals surface area contributed by atoms with E-state index in [0.717, 1.165) is 17.7 Å². The van der Waals surface area contributed by atoms with Gasteiger partial charge in [-0.25, -0.2) is 4.79 Å². The highest BCUT2D eigenvalue weighted by atomic mass is 16.4. The van der Waals surface area contributed by atoms with Crippen LogP contribution in [0.25, 0.3) is 0 Å². The molecule has 1 amide bonds. The van der Waals surface area contributed by atoms with E-state index in [2.05, 4.69) is 0 Å². The second-order valence-corrected chi connectivity index (χ2v) is 3.66. The zero-order chi connectivity index (χ0) is 11.0. The summed E-state index contributed by atoms with van der Waals surface area (Å²) in [6.07, 6.45) is 0.717. The molecule has 0 aliphatic carbocycles. The maximum absolute atomic E-state index is 11.4. The summed E-state index contributed by atoms with van der Waals surface area (Å²) in [5.74, 6) is -2.26. The van der Waals surface area contributed by atoms with Crippen LogP contribution in [0.4, 0.5) is 5.69 Å². The van der Waals surface area contributed by atoms with Gasteiger partial charge in [-0.1, -0.05) is 18.2 Å². The summed E-state index contributed by atoms with van der Waals surface area (Å²) in [5.41, 5.74) is 1.75. The van der Waals surface area contributed by atoms with Crippen LogP contribution in [0.15, 0.2) is 24.3 Å². The number of carbonyl (C=O) groups excluding carboxylic acids is 1. The molecule has 0 spiro atoms. The number of anilines is 1. The lowest BCUT2D eigenvalue weighted by atomic mass is 10.1. The van der Waals surface area contributed by atoms with Gasteiger partial charge >= 0.3 is 11.9 Å². The molecule has 1 heterocycles. The molecule has 1 aliphatic rings. The smallest absolute Gasteiger partial charge is 0.394 e. The van der Waals surface area contributed by atoms with E-state index in [0.29, 0.717) is 0 Å². The van der Waals surface area contributed by atoms with Crippen molar-refractivity contribution < 1.29 is 14.7 Å². The molecule has 1 atom stereocenters. The Morgan fingerprint density at radius 2 is 2.07 bits per heavy atom. The van der Waals surface area contributed by atoms with E-state index in [1.807, 2.05) is 19.1 Å². The van der Waals surface area contributed by atoms with Crippen molar-refractivity contribution in [3.05, 3.63) is 29.8 Å². The van der Waals surface area contributed by atoms with Crippen molar-refractivity contribution in [3.63, 3.8) is 0 Å². The molecule has 4 nitrogen and oxygen atoms in total. The fourth-order valence-electron chi connectivity index (χ4n) is 1.98. The summed E-state index contributed by atoms with van der Waals surface area (Å²) in [5, 5.41) is 8.69. The van der Waals surface area contributed by atoms with Crippen LogP contribution in [-0.2, 0) is 16.0 Å². The molecular weight excluding hydrogens is 194 g/mol. The molecule has 1 aromatic carbocycles. The average Bonchev–Trinajstić information content (AvgIpc) is 2.52. The third-order valence-corrected chi connectivity index (χ3v) is 2.61. The van der Waals surface area contributed by atoms with Crippen LogP contribution in [0, 0.1) is 0 Å². The lowest BCUT2D eigenvalue weighted by molar-refractivity contribution is -0.149. The van der Waals surface area contributed by atoms with Crippen LogP contribution in [0.5, 0.6) is 0 Å². The molecule has 0 bridgehead atoms. The predicted molar refractivity (Wildman–Crippen MR) is 54.7 cm³/mol. The molecule has 0 aromatic heterocycles. The van der Waals surface area contributed by atoms with E-state index in [1.54, 1.807) is 12.1 Å². The van der Waals surface area contributed by atoms with Crippen molar-refractivity contribution in [3.8, 4) is 0 Å². The molecule has 1 aliphatic heterocycles.